The summed E-state index contributed by atoms with van der Waals surface area (Å²) in [6.45, 7) is 3.27. The van der Waals surface area contributed by atoms with Gasteiger partial charge in [0.05, 0.1) is 0 Å². The minimum Gasteiger partial charge on any atom is -0.341 e. The van der Waals surface area contributed by atoms with E-state index in [2.05, 4.69) is 54.3 Å². The third-order valence-electron chi connectivity index (χ3n) is 4.07. The standard InChI is InChI=1S/C18H20ClN/c1-14-12-15(13-19)9-10-17(14)20-11-5-4-7-16-6-2-3-8-18(16)20/h2-3,6,8-10,12H,4-5,7,11,13H2,1H3. The van der Waals surface area contributed by atoms with Crippen LogP contribution in [0.2, 0.25) is 0 Å². The minimum absolute atomic E-state index is 0.581. The number of rotatable bonds is 2. The maximum Gasteiger partial charge on any atom is 0.0474 e. The van der Waals surface area contributed by atoms with Crippen LogP contribution in [-0.2, 0) is 12.3 Å². The molecule has 0 bridgehead atoms. The summed E-state index contributed by atoms with van der Waals surface area (Å²) in [6, 6.07) is 15.4. The Morgan fingerprint density at radius 2 is 1.90 bits per heavy atom. The Morgan fingerprint density at radius 1 is 1.05 bits per heavy atom. The summed E-state index contributed by atoms with van der Waals surface area (Å²) in [6.07, 6.45) is 3.70. The molecule has 0 N–H and O–H groups in total. The second kappa shape index (κ2) is 5.88. The number of halogens is 1. The van der Waals surface area contributed by atoms with Crippen molar-refractivity contribution in [1.29, 1.82) is 0 Å². The molecular formula is C18H20ClN. The lowest BCUT2D eigenvalue weighted by Crippen LogP contribution is -2.18. The van der Waals surface area contributed by atoms with Crippen molar-refractivity contribution < 1.29 is 0 Å². The van der Waals surface area contributed by atoms with E-state index in [1.54, 1.807) is 0 Å². The van der Waals surface area contributed by atoms with Crippen LogP contribution < -0.4 is 4.90 Å². The van der Waals surface area contributed by atoms with Crippen LogP contribution >= 0.6 is 11.6 Å². The monoisotopic (exact) mass is 285 g/mol. The van der Waals surface area contributed by atoms with Crippen molar-refractivity contribution in [1.82, 2.24) is 0 Å². The molecule has 0 atom stereocenters. The van der Waals surface area contributed by atoms with Gasteiger partial charge in [-0.2, -0.15) is 0 Å². The van der Waals surface area contributed by atoms with Gasteiger partial charge in [-0.1, -0.05) is 30.3 Å². The first-order chi connectivity index (χ1) is 9.79. The largest absolute Gasteiger partial charge is 0.341 e. The van der Waals surface area contributed by atoms with E-state index >= 15 is 0 Å². The van der Waals surface area contributed by atoms with Crippen LogP contribution in [0.4, 0.5) is 11.4 Å². The van der Waals surface area contributed by atoms with Gasteiger partial charge >= 0.3 is 0 Å². The van der Waals surface area contributed by atoms with Crippen LogP contribution in [-0.4, -0.2) is 6.54 Å². The molecule has 2 aromatic carbocycles. The molecule has 0 fully saturated rings. The van der Waals surface area contributed by atoms with E-state index in [-0.39, 0.29) is 0 Å². The molecule has 1 heterocycles. The second-order valence-corrected chi connectivity index (χ2v) is 5.76. The number of hydrogen-bond donors (Lipinski definition) is 0. The Balaban J connectivity index is 2.05. The molecule has 2 heteroatoms. The molecule has 0 aromatic heterocycles. The summed E-state index contributed by atoms with van der Waals surface area (Å²) in [7, 11) is 0. The SMILES string of the molecule is Cc1cc(CCl)ccc1N1CCCCc2ccccc21. The van der Waals surface area contributed by atoms with Crippen LogP contribution in [0, 0.1) is 6.92 Å². The molecule has 1 aliphatic rings. The molecule has 0 radical (unpaired) electrons. The zero-order valence-corrected chi connectivity index (χ0v) is 12.7. The Hall–Kier alpha value is -1.47. The van der Waals surface area contributed by atoms with Gasteiger partial charge in [-0.15, -0.1) is 11.6 Å². The molecule has 104 valence electrons. The Morgan fingerprint density at radius 3 is 2.70 bits per heavy atom. The number of anilines is 2. The number of aryl methyl sites for hydroxylation is 2. The van der Waals surface area contributed by atoms with E-state index in [1.807, 2.05) is 0 Å². The van der Waals surface area contributed by atoms with E-state index < -0.39 is 0 Å². The zero-order valence-electron chi connectivity index (χ0n) is 11.9. The molecule has 20 heavy (non-hydrogen) atoms. The maximum absolute atomic E-state index is 5.93. The number of benzene rings is 2. The topological polar surface area (TPSA) is 3.24 Å². The van der Waals surface area contributed by atoms with Gasteiger partial charge in [-0.05, 0) is 55.0 Å². The normalized spacial score (nSPS) is 14.8. The van der Waals surface area contributed by atoms with Gasteiger partial charge in [0.1, 0.15) is 0 Å². The highest BCUT2D eigenvalue weighted by Crippen LogP contribution is 2.34. The summed E-state index contributed by atoms with van der Waals surface area (Å²) in [5, 5.41) is 0. The van der Waals surface area contributed by atoms with Crippen molar-refractivity contribution in [2.75, 3.05) is 11.4 Å². The minimum atomic E-state index is 0.581. The summed E-state index contributed by atoms with van der Waals surface area (Å²) < 4.78 is 0. The number of hydrogen-bond acceptors (Lipinski definition) is 1. The van der Waals surface area contributed by atoms with Crippen LogP contribution in [0.25, 0.3) is 0 Å². The van der Waals surface area contributed by atoms with Crippen molar-refractivity contribution in [3.63, 3.8) is 0 Å². The lowest BCUT2D eigenvalue weighted by Gasteiger charge is -2.27. The van der Waals surface area contributed by atoms with Gasteiger partial charge in [-0.3, -0.25) is 0 Å². The molecule has 1 nitrogen and oxygen atoms in total. The molecule has 0 spiro atoms. The summed E-state index contributed by atoms with van der Waals surface area (Å²) in [5.41, 5.74) is 6.64. The summed E-state index contributed by atoms with van der Waals surface area (Å²) >= 11 is 5.93. The molecule has 0 saturated heterocycles. The van der Waals surface area contributed by atoms with E-state index in [0.29, 0.717) is 5.88 Å². The van der Waals surface area contributed by atoms with E-state index in [9.17, 15) is 0 Å². The fourth-order valence-corrected chi connectivity index (χ4v) is 3.21. The van der Waals surface area contributed by atoms with Crippen molar-refractivity contribution in [2.24, 2.45) is 0 Å². The molecular weight excluding hydrogens is 266 g/mol. The van der Waals surface area contributed by atoms with Crippen molar-refractivity contribution in [3.8, 4) is 0 Å². The molecule has 0 aliphatic carbocycles. The number of para-hydroxylation sites is 1. The van der Waals surface area contributed by atoms with E-state index in [4.69, 9.17) is 11.6 Å². The molecule has 0 amide bonds. The first kappa shape index (κ1) is 13.5. The van der Waals surface area contributed by atoms with Crippen LogP contribution in [0.5, 0.6) is 0 Å². The van der Waals surface area contributed by atoms with Gasteiger partial charge in [0.25, 0.3) is 0 Å². The first-order valence-electron chi connectivity index (χ1n) is 7.30. The zero-order chi connectivity index (χ0) is 13.9. The van der Waals surface area contributed by atoms with E-state index in [1.165, 1.54) is 47.3 Å². The summed E-state index contributed by atoms with van der Waals surface area (Å²) in [5.74, 6) is 0.581. The highest BCUT2D eigenvalue weighted by molar-refractivity contribution is 6.17. The third kappa shape index (κ3) is 2.55. The van der Waals surface area contributed by atoms with Crippen molar-refractivity contribution in [2.45, 2.75) is 32.1 Å². The van der Waals surface area contributed by atoms with Crippen LogP contribution in [0.3, 0.4) is 0 Å². The Kier molecular flexibility index (Phi) is 3.98. The van der Waals surface area contributed by atoms with Crippen LogP contribution in [0.15, 0.2) is 42.5 Å². The Bertz CT molecular complexity index is 606. The quantitative estimate of drug-likeness (QED) is 0.685. The number of alkyl halides is 1. The molecule has 0 unspecified atom stereocenters. The average molecular weight is 286 g/mol. The fraction of sp³-hybridized carbons (Fsp3) is 0.333. The second-order valence-electron chi connectivity index (χ2n) is 5.49. The van der Waals surface area contributed by atoms with E-state index in [0.717, 1.165) is 6.54 Å². The predicted molar refractivity (Wildman–Crippen MR) is 87.1 cm³/mol. The van der Waals surface area contributed by atoms with Crippen LogP contribution in [0.1, 0.15) is 29.5 Å². The molecule has 2 aromatic rings. The molecule has 3 rings (SSSR count). The smallest absolute Gasteiger partial charge is 0.0474 e. The van der Waals surface area contributed by atoms with Gasteiger partial charge in [-0.25, -0.2) is 0 Å². The number of fused-ring (bicyclic) bond motifs is 1. The fourth-order valence-electron chi connectivity index (χ4n) is 3.05. The van der Waals surface area contributed by atoms with Gasteiger partial charge in [0, 0.05) is 23.8 Å². The first-order valence-corrected chi connectivity index (χ1v) is 7.84. The van der Waals surface area contributed by atoms with Gasteiger partial charge in [0.15, 0.2) is 0 Å². The Labute approximate surface area is 126 Å². The van der Waals surface area contributed by atoms with Gasteiger partial charge < -0.3 is 4.90 Å². The lowest BCUT2D eigenvalue weighted by atomic mass is 10.1. The van der Waals surface area contributed by atoms with Crippen molar-refractivity contribution in [3.05, 3.63) is 59.2 Å². The number of nitrogens with zero attached hydrogens (tertiary/aromatic N) is 1. The predicted octanol–water partition coefficient (Wildman–Crippen LogP) is 5.21. The highest BCUT2D eigenvalue weighted by atomic mass is 35.5. The molecule has 1 aliphatic heterocycles. The summed E-state index contributed by atoms with van der Waals surface area (Å²) in [4.78, 5) is 2.47. The highest BCUT2D eigenvalue weighted by Gasteiger charge is 2.17. The third-order valence-corrected chi connectivity index (χ3v) is 4.38. The van der Waals surface area contributed by atoms with Crippen molar-refractivity contribution >= 4 is 23.0 Å². The average Bonchev–Trinajstić information content (AvgIpc) is 2.69. The van der Waals surface area contributed by atoms with Gasteiger partial charge in [0.2, 0.25) is 0 Å². The lowest BCUT2D eigenvalue weighted by molar-refractivity contribution is 0.760. The maximum atomic E-state index is 5.93. The molecule has 0 saturated carbocycles.